The van der Waals surface area contributed by atoms with Gasteiger partial charge >= 0.3 is 0 Å². The lowest BCUT2D eigenvalue weighted by Crippen LogP contribution is -2.49. The van der Waals surface area contributed by atoms with Crippen molar-refractivity contribution in [2.75, 3.05) is 51.3 Å². The molecule has 0 bridgehead atoms. The van der Waals surface area contributed by atoms with E-state index in [0.717, 1.165) is 0 Å². The minimum atomic E-state index is -0.248. The number of carbonyl (C=O) groups excluding carboxylic acids is 2. The third-order valence-corrected chi connectivity index (χ3v) is 4.75. The van der Waals surface area contributed by atoms with Crippen molar-refractivity contribution >= 4 is 17.5 Å². The molecule has 7 heteroatoms. The molecular formula is C21H24FN3O3. The molecule has 2 aromatic rings. The second-order valence-corrected chi connectivity index (χ2v) is 6.56. The normalized spacial score (nSPS) is 14.1. The molecule has 2 amide bonds. The molecule has 1 N–H and O–H groups in total. The van der Waals surface area contributed by atoms with E-state index in [4.69, 9.17) is 4.74 Å². The molecule has 1 aliphatic rings. The van der Waals surface area contributed by atoms with Gasteiger partial charge in [0.05, 0.1) is 12.3 Å². The van der Waals surface area contributed by atoms with E-state index in [9.17, 15) is 14.0 Å². The molecular weight excluding hydrogens is 361 g/mol. The van der Waals surface area contributed by atoms with Crippen molar-refractivity contribution in [3.05, 3.63) is 65.5 Å². The van der Waals surface area contributed by atoms with Crippen molar-refractivity contribution in [2.24, 2.45) is 0 Å². The lowest BCUT2D eigenvalue weighted by molar-refractivity contribution is 0.0746. The van der Waals surface area contributed by atoms with Crippen LogP contribution in [-0.4, -0.2) is 63.2 Å². The summed E-state index contributed by atoms with van der Waals surface area (Å²) >= 11 is 0. The topological polar surface area (TPSA) is 61.9 Å². The molecule has 1 fully saturated rings. The summed E-state index contributed by atoms with van der Waals surface area (Å²) in [5, 5.41) is 2.74. The molecule has 0 aliphatic carbocycles. The van der Waals surface area contributed by atoms with Crippen LogP contribution in [0.1, 0.15) is 20.7 Å². The SMILES string of the molecule is COCCNC(=O)c1ccc(C(=O)N2CCN(c3ccccc3F)CC2)cc1. The van der Waals surface area contributed by atoms with Crippen molar-refractivity contribution < 1.29 is 18.7 Å². The number of para-hydroxylation sites is 1. The average molecular weight is 385 g/mol. The Balaban J connectivity index is 1.56. The highest BCUT2D eigenvalue weighted by Gasteiger charge is 2.23. The van der Waals surface area contributed by atoms with Gasteiger partial charge in [0.15, 0.2) is 0 Å². The largest absolute Gasteiger partial charge is 0.383 e. The number of ether oxygens (including phenoxy) is 1. The Morgan fingerprint density at radius 2 is 1.64 bits per heavy atom. The van der Waals surface area contributed by atoms with Gasteiger partial charge in [-0.15, -0.1) is 0 Å². The molecule has 0 unspecified atom stereocenters. The van der Waals surface area contributed by atoms with E-state index in [2.05, 4.69) is 5.32 Å². The zero-order chi connectivity index (χ0) is 19.9. The molecule has 148 valence electrons. The summed E-state index contributed by atoms with van der Waals surface area (Å²) in [6.07, 6.45) is 0. The van der Waals surface area contributed by atoms with Crippen LogP contribution in [0.15, 0.2) is 48.5 Å². The minimum Gasteiger partial charge on any atom is -0.383 e. The van der Waals surface area contributed by atoms with Gasteiger partial charge in [-0.2, -0.15) is 0 Å². The van der Waals surface area contributed by atoms with Crippen LogP contribution < -0.4 is 10.2 Å². The summed E-state index contributed by atoms with van der Waals surface area (Å²) < 4.78 is 18.8. The van der Waals surface area contributed by atoms with Crippen LogP contribution >= 0.6 is 0 Å². The number of rotatable bonds is 6. The highest BCUT2D eigenvalue weighted by atomic mass is 19.1. The summed E-state index contributed by atoms with van der Waals surface area (Å²) in [4.78, 5) is 28.4. The van der Waals surface area contributed by atoms with Crippen molar-refractivity contribution in [2.45, 2.75) is 0 Å². The van der Waals surface area contributed by atoms with E-state index >= 15 is 0 Å². The summed E-state index contributed by atoms with van der Waals surface area (Å²) in [5.41, 5.74) is 1.60. The Kier molecular flexibility index (Phi) is 6.60. The lowest BCUT2D eigenvalue weighted by atomic mass is 10.1. The zero-order valence-electron chi connectivity index (χ0n) is 15.9. The Bertz CT molecular complexity index is 818. The number of amides is 2. The van der Waals surface area contributed by atoms with Crippen LogP contribution in [-0.2, 0) is 4.74 Å². The molecule has 0 atom stereocenters. The minimum absolute atomic E-state index is 0.0838. The Morgan fingerprint density at radius 3 is 2.29 bits per heavy atom. The van der Waals surface area contributed by atoms with Crippen molar-refractivity contribution in [3.8, 4) is 0 Å². The molecule has 6 nitrogen and oxygen atoms in total. The molecule has 1 saturated heterocycles. The Labute approximate surface area is 163 Å². The van der Waals surface area contributed by atoms with Crippen LogP contribution in [0.2, 0.25) is 0 Å². The number of nitrogens with zero attached hydrogens (tertiary/aromatic N) is 2. The number of anilines is 1. The van der Waals surface area contributed by atoms with Crippen LogP contribution in [0.3, 0.4) is 0 Å². The van der Waals surface area contributed by atoms with E-state index in [0.29, 0.717) is 56.1 Å². The summed E-state index contributed by atoms with van der Waals surface area (Å²) in [5.74, 6) is -0.532. The molecule has 28 heavy (non-hydrogen) atoms. The number of methoxy groups -OCH3 is 1. The zero-order valence-corrected chi connectivity index (χ0v) is 15.9. The quantitative estimate of drug-likeness (QED) is 0.775. The van der Waals surface area contributed by atoms with Crippen molar-refractivity contribution in [3.63, 3.8) is 0 Å². The van der Waals surface area contributed by atoms with Gasteiger partial charge in [-0.3, -0.25) is 9.59 Å². The molecule has 0 spiro atoms. The van der Waals surface area contributed by atoms with E-state index in [1.54, 1.807) is 48.4 Å². The number of carbonyl (C=O) groups is 2. The fourth-order valence-corrected chi connectivity index (χ4v) is 3.17. The molecule has 0 radical (unpaired) electrons. The third kappa shape index (κ3) is 4.67. The van der Waals surface area contributed by atoms with Gasteiger partial charge in [-0.25, -0.2) is 4.39 Å². The monoisotopic (exact) mass is 385 g/mol. The predicted octanol–water partition coefficient (Wildman–Crippen LogP) is 2.16. The molecule has 0 saturated carbocycles. The molecule has 0 aromatic heterocycles. The number of halogens is 1. The second kappa shape index (κ2) is 9.32. The first kappa shape index (κ1) is 19.8. The van der Waals surface area contributed by atoms with E-state index in [1.807, 2.05) is 11.0 Å². The van der Waals surface area contributed by atoms with Gasteiger partial charge in [0.2, 0.25) is 0 Å². The van der Waals surface area contributed by atoms with E-state index < -0.39 is 0 Å². The first-order valence-electron chi connectivity index (χ1n) is 9.26. The number of piperazine rings is 1. The lowest BCUT2D eigenvalue weighted by Gasteiger charge is -2.36. The van der Waals surface area contributed by atoms with Gasteiger partial charge in [0, 0.05) is 51.0 Å². The predicted molar refractivity (Wildman–Crippen MR) is 105 cm³/mol. The second-order valence-electron chi connectivity index (χ2n) is 6.56. The molecule has 2 aromatic carbocycles. The Hall–Kier alpha value is -2.93. The average Bonchev–Trinajstić information content (AvgIpc) is 2.74. The first-order valence-corrected chi connectivity index (χ1v) is 9.26. The fraction of sp³-hybridized carbons (Fsp3) is 0.333. The number of benzene rings is 2. The van der Waals surface area contributed by atoms with E-state index in [-0.39, 0.29) is 17.6 Å². The van der Waals surface area contributed by atoms with Gasteiger partial charge < -0.3 is 19.9 Å². The maximum Gasteiger partial charge on any atom is 0.253 e. The molecule has 3 rings (SSSR count). The smallest absolute Gasteiger partial charge is 0.253 e. The maximum absolute atomic E-state index is 13.9. The summed E-state index contributed by atoms with van der Waals surface area (Å²) in [6, 6.07) is 13.3. The summed E-state index contributed by atoms with van der Waals surface area (Å²) in [6.45, 7) is 3.07. The number of nitrogens with one attached hydrogen (secondary N) is 1. The first-order chi connectivity index (χ1) is 13.6. The number of hydrogen-bond acceptors (Lipinski definition) is 4. The highest BCUT2D eigenvalue weighted by molar-refractivity contribution is 5.97. The van der Waals surface area contributed by atoms with Crippen molar-refractivity contribution in [1.82, 2.24) is 10.2 Å². The highest BCUT2D eigenvalue weighted by Crippen LogP contribution is 2.20. The van der Waals surface area contributed by atoms with Gasteiger partial charge in [-0.05, 0) is 36.4 Å². The van der Waals surface area contributed by atoms with Gasteiger partial charge in [-0.1, -0.05) is 12.1 Å². The Morgan fingerprint density at radius 1 is 1.00 bits per heavy atom. The van der Waals surface area contributed by atoms with Crippen LogP contribution in [0, 0.1) is 5.82 Å². The van der Waals surface area contributed by atoms with Gasteiger partial charge in [0.1, 0.15) is 5.82 Å². The van der Waals surface area contributed by atoms with E-state index in [1.165, 1.54) is 6.07 Å². The third-order valence-electron chi connectivity index (χ3n) is 4.75. The van der Waals surface area contributed by atoms with Crippen LogP contribution in [0.4, 0.5) is 10.1 Å². The molecule has 1 aliphatic heterocycles. The van der Waals surface area contributed by atoms with Crippen LogP contribution in [0.5, 0.6) is 0 Å². The standard InChI is InChI=1S/C21H24FN3O3/c1-28-15-10-23-20(26)16-6-8-17(9-7-16)21(27)25-13-11-24(12-14-25)19-5-3-2-4-18(19)22/h2-9H,10-15H2,1H3,(H,23,26). The fourth-order valence-electron chi connectivity index (χ4n) is 3.17. The number of hydrogen-bond donors (Lipinski definition) is 1. The summed E-state index contributed by atoms with van der Waals surface area (Å²) in [7, 11) is 1.57. The van der Waals surface area contributed by atoms with Gasteiger partial charge in [0.25, 0.3) is 11.8 Å². The van der Waals surface area contributed by atoms with Crippen molar-refractivity contribution in [1.29, 1.82) is 0 Å². The maximum atomic E-state index is 13.9. The van der Waals surface area contributed by atoms with Crippen LogP contribution in [0.25, 0.3) is 0 Å². The molecule has 1 heterocycles.